The average Bonchev–Trinajstić information content (AvgIpc) is 2.32. The van der Waals surface area contributed by atoms with Gasteiger partial charge >= 0.3 is 0 Å². The molecule has 0 aliphatic heterocycles. The Morgan fingerprint density at radius 3 is 2.46 bits per heavy atom. The van der Waals surface area contributed by atoms with Crippen LogP contribution >= 0.6 is 0 Å². The van der Waals surface area contributed by atoms with Gasteiger partial charge in [0.15, 0.2) is 0 Å². The van der Waals surface area contributed by atoms with Crippen molar-refractivity contribution < 1.29 is 5.11 Å². The van der Waals surface area contributed by atoms with E-state index in [1.54, 1.807) is 0 Å². The molecule has 1 aliphatic rings. The van der Waals surface area contributed by atoms with Crippen molar-refractivity contribution in [2.24, 2.45) is 11.3 Å². The van der Waals surface area contributed by atoms with E-state index in [-0.39, 0.29) is 11.5 Å². The van der Waals surface area contributed by atoms with Gasteiger partial charge in [0, 0.05) is 6.54 Å². The molecule has 0 spiro atoms. The summed E-state index contributed by atoms with van der Waals surface area (Å²) in [7, 11) is 2.12. The van der Waals surface area contributed by atoms with Gasteiger partial charge in [-0.3, -0.25) is 0 Å². The summed E-state index contributed by atoms with van der Waals surface area (Å²) in [6.07, 6.45) is 2.23. The van der Waals surface area contributed by atoms with Gasteiger partial charge in [0.1, 0.15) is 0 Å². The zero-order valence-electron chi connectivity index (χ0n) is 9.38. The molecule has 1 fully saturated rings. The van der Waals surface area contributed by atoms with Crippen LogP contribution in [0.1, 0.15) is 33.6 Å². The van der Waals surface area contributed by atoms with E-state index in [4.69, 9.17) is 0 Å². The standard InChI is InChI=1S/C11H23NO/c1-5-12(4)8-9-6-7-11(2,3)10(9)13/h9-10,13H,5-8H2,1-4H3. The molecule has 1 aliphatic carbocycles. The van der Waals surface area contributed by atoms with Crippen molar-refractivity contribution in [3.8, 4) is 0 Å². The Morgan fingerprint density at radius 2 is 2.08 bits per heavy atom. The highest BCUT2D eigenvalue weighted by Gasteiger charge is 2.40. The molecular formula is C11H23NO. The van der Waals surface area contributed by atoms with E-state index in [0.717, 1.165) is 19.5 Å². The van der Waals surface area contributed by atoms with Crippen LogP contribution in [0.15, 0.2) is 0 Å². The Balaban J connectivity index is 2.46. The summed E-state index contributed by atoms with van der Waals surface area (Å²) < 4.78 is 0. The lowest BCUT2D eigenvalue weighted by Gasteiger charge is -2.27. The first-order valence-electron chi connectivity index (χ1n) is 5.34. The number of hydrogen-bond donors (Lipinski definition) is 1. The first-order chi connectivity index (χ1) is 5.97. The van der Waals surface area contributed by atoms with Crippen molar-refractivity contribution in [1.29, 1.82) is 0 Å². The molecule has 0 aromatic carbocycles. The third-order valence-corrected chi connectivity index (χ3v) is 3.49. The molecule has 0 amide bonds. The zero-order chi connectivity index (χ0) is 10.1. The summed E-state index contributed by atoms with van der Waals surface area (Å²) in [6.45, 7) is 8.62. The SMILES string of the molecule is CCN(C)CC1CCC(C)(C)C1O. The van der Waals surface area contributed by atoms with Gasteiger partial charge in [-0.1, -0.05) is 20.8 Å². The summed E-state index contributed by atoms with van der Waals surface area (Å²) >= 11 is 0. The maximum Gasteiger partial charge on any atom is 0.0631 e. The summed E-state index contributed by atoms with van der Waals surface area (Å²) in [6, 6.07) is 0. The average molecular weight is 185 g/mol. The van der Waals surface area contributed by atoms with Crippen molar-refractivity contribution in [2.75, 3.05) is 20.1 Å². The molecule has 0 saturated heterocycles. The molecule has 2 atom stereocenters. The molecule has 0 radical (unpaired) electrons. The minimum atomic E-state index is -0.110. The second-order valence-electron chi connectivity index (χ2n) is 5.09. The molecule has 1 N–H and O–H groups in total. The number of nitrogens with zero attached hydrogens (tertiary/aromatic N) is 1. The van der Waals surface area contributed by atoms with Crippen LogP contribution in [0, 0.1) is 11.3 Å². The van der Waals surface area contributed by atoms with E-state index in [1.165, 1.54) is 6.42 Å². The summed E-state index contributed by atoms with van der Waals surface area (Å²) in [5.41, 5.74) is 0.138. The monoisotopic (exact) mass is 185 g/mol. The molecule has 13 heavy (non-hydrogen) atoms. The second kappa shape index (κ2) is 3.97. The Morgan fingerprint density at radius 1 is 1.46 bits per heavy atom. The number of aliphatic hydroxyl groups excluding tert-OH is 1. The maximum atomic E-state index is 10.0. The first-order valence-corrected chi connectivity index (χ1v) is 5.34. The van der Waals surface area contributed by atoms with E-state index < -0.39 is 0 Å². The predicted octanol–water partition coefficient (Wildman–Crippen LogP) is 1.74. The molecule has 0 bridgehead atoms. The number of aliphatic hydroxyl groups is 1. The highest BCUT2D eigenvalue weighted by Crippen LogP contribution is 2.41. The normalized spacial score (nSPS) is 32.8. The van der Waals surface area contributed by atoms with Gasteiger partial charge in [-0.2, -0.15) is 0 Å². The fourth-order valence-electron chi connectivity index (χ4n) is 2.22. The lowest BCUT2D eigenvalue weighted by Crippen LogP contribution is -2.34. The largest absolute Gasteiger partial charge is 0.392 e. The third kappa shape index (κ3) is 2.44. The van der Waals surface area contributed by atoms with Gasteiger partial charge in [-0.05, 0) is 37.8 Å². The number of rotatable bonds is 3. The van der Waals surface area contributed by atoms with E-state index in [2.05, 4.69) is 32.7 Å². The molecule has 2 unspecified atom stereocenters. The van der Waals surface area contributed by atoms with Gasteiger partial charge in [0.05, 0.1) is 6.10 Å². The molecule has 1 saturated carbocycles. The molecule has 78 valence electrons. The topological polar surface area (TPSA) is 23.5 Å². The Hall–Kier alpha value is -0.0800. The van der Waals surface area contributed by atoms with Crippen molar-refractivity contribution in [1.82, 2.24) is 4.90 Å². The molecule has 2 heteroatoms. The molecule has 0 heterocycles. The van der Waals surface area contributed by atoms with Crippen LogP contribution in [-0.4, -0.2) is 36.2 Å². The van der Waals surface area contributed by atoms with E-state index in [1.807, 2.05) is 0 Å². The molecule has 2 nitrogen and oxygen atoms in total. The Kier molecular flexibility index (Phi) is 3.36. The molecule has 1 rings (SSSR count). The number of hydrogen-bond acceptors (Lipinski definition) is 2. The molecule has 0 aromatic rings. The molecular weight excluding hydrogens is 162 g/mol. The fourth-order valence-corrected chi connectivity index (χ4v) is 2.22. The highest BCUT2D eigenvalue weighted by molar-refractivity contribution is 4.91. The van der Waals surface area contributed by atoms with Crippen LogP contribution in [0.4, 0.5) is 0 Å². The van der Waals surface area contributed by atoms with Crippen LogP contribution in [0.5, 0.6) is 0 Å². The summed E-state index contributed by atoms with van der Waals surface area (Å²) in [5, 5.41) is 10.0. The van der Waals surface area contributed by atoms with Crippen molar-refractivity contribution in [3.05, 3.63) is 0 Å². The van der Waals surface area contributed by atoms with Crippen molar-refractivity contribution in [3.63, 3.8) is 0 Å². The van der Waals surface area contributed by atoms with Gasteiger partial charge in [-0.25, -0.2) is 0 Å². The van der Waals surface area contributed by atoms with Crippen molar-refractivity contribution in [2.45, 2.75) is 39.7 Å². The highest BCUT2D eigenvalue weighted by atomic mass is 16.3. The van der Waals surface area contributed by atoms with E-state index in [0.29, 0.717) is 5.92 Å². The summed E-state index contributed by atoms with van der Waals surface area (Å²) in [5.74, 6) is 0.486. The van der Waals surface area contributed by atoms with Gasteiger partial charge in [0.25, 0.3) is 0 Å². The predicted molar refractivity (Wildman–Crippen MR) is 55.7 cm³/mol. The van der Waals surface area contributed by atoms with Crippen LogP contribution < -0.4 is 0 Å². The van der Waals surface area contributed by atoms with Crippen LogP contribution in [-0.2, 0) is 0 Å². The van der Waals surface area contributed by atoms with Gasteiger partial charge < -0.3 is 10.0 Å². The Bertz CT molecular complexity index is 167. The smallest absolute Gasteiger partial charge is 0.0631 e. The lowest BCUT2D eigenvalue weighted by atomic mass is 9.87. The van der Waals surface area contributed by atoms with E-state index >= 15 is 0 Å². The zero-order valence-corrected chi connectivity index (χ0v) is 9.38. The molecule has 0 aromatic heterocycles. The maximum absolute atomic E-state index is 10.0. The Labute approximate surface area is 81.9 Å². The minimum absolute atomic E-state index is 0.110. The van der Waals surface area contributed by atoms with E-state index in [9.17, 15) is 5.11 Å². The first kappa shape index (κ1) is 11.0. The minimum Gasteiger partial charge on any atom is -0.392 e. The second-order valence-corrected chi connectivity index (χ2v) is 5.09. The lowest BCUT2D eigenvalue weighted by molar-refractivity contribution is 0.0361. The van der Waals surface area contributed by atoms with Crippen LogP contribution in [0.2, 0.25) is 0 Å². The quantitative estimate of drug-likeness (QED) is 0.724. The fraction of sp³-hybridized carbons (Fsp3) is 1.00. The summed E-state index contributed by atoms with van der Waals surface area (Å²) in [4.78, 5) is 2.29. The van der Waals surface area contributed by atoms with Crippen LogP contribution in [0.25, 0.3) is 0 Å². The van der Waals surface area contributed by atoms with Gasteiger partial charge in [-0.15, -0.1) is 0 Å². The third-order valence-electron chi connectivity index (χ3n) is 3.49. The van der Waals surface area contributed by atoms with Crippen molar-refractivity contribution >= 4 is 0 Å². The van der Waals surface area contributed by atoms with Gasteiger partial charge in [0.2, 0.25) is 0 Å². The van der Waals surface area contributed by atoms with Crippen LogP contribution in [0.3, 0.4) is 0 Å².